The summed E-state index contributed by atoms with van der Waals surface area (Å²) in [5.41, 5.74) is 4.46. The predicted molar refractivity (Wildman–Crippen MR) is 446 cm³/mol. The van der Waals surface area contributed by atoms with E-state index in [1.807, 2.05) is 148 Å². The second-order valence-corrected chi connectivity index (χ2v) is 34.2. The Morgan fingerprint density at radius 2 is 0.735 bits per heavy atom. The van der Waals surface area contributed by atoms with E-state index in [0.29, 0.717) is 97.7 Å². The van der Waals surface area contributed by atoms with E-state index >= 15 is 4.39 Å². The first-order valence-electron chi connectivity index (χ1n) is 41.0. The Labute approximate surface area is 692 Å². The number of halogens is 2. The summed E-state index contributed by atoms with van der Waals surface area (Å²) in [5, 5.41) is 40.5. The van der Waals surface area contributed by atoms with Gasteiger partial charge in [-0.15, -0.1) is 0 Å². The van der Waals surface area contributed by atoms with E-state index in [2.05, 4.69) is 58.4 Å². The van der Waals surface area contributed by atoms with Gasteiger partial charge in [0.1, 0.15) is 22.4 Å². The van der Waals surface area contributed by atoms with E-state index in [9.17, 15) is 63.1 Å². The van der Waals surface area contributed by atoms with Crippen molar-refractivity contribution < 1.29 is 86.3 Å². The summed E-state index contributed by atoms with van der Waals surface area (Å²) < 4.78 is 50.4. The van der Waals surface area contributed by atoms with Gasteiger partial charge in [0, 0.05) is 181 Å². The molecule has 3 aromatic carbocycles. The lowest BCUT2D eigenvalue weighted by atomic mass is 9.88. The largest absolute Gasteiger partial charge is 0.480 e. The van der Waals surface area contributed by atoms with Crippen LogP contribution in [0.1, 0.15) is 176 Å². The molecule has 652 valence electrons. The number of rotatable bonds is 22. The predicted octanol–water partition coefficient (Wildman–Crippen LogP) is 9.22. The number of ether oxygens (including phenoxy) is 4. The number of nitrogen functional groups attached to an aromatic ring is 1. The van der Waals surface area contributed by atoms with Crippen LogP contribution in [0.25, 0.3) is 0 Å². The van der Waals surface area contributed by atoms with Crippen molar-refractivity contribution in [3.8, 4) is 23.7 Å². The minimum atomic E-state index is -2.29. The summed E-state index contributed by atoms with van der Waals surface area (Å²) in [7, 11) is 0. The Bertz CT molecular complexity index is 3620. The standard InChI is InChI=1S/C27H36FN3O5.C25H42N4O4.C18H35N3O4.C9H11FO2.C8H9NO2/c28-27(10-4-2-1-3-5-11-27)24(32)18-22-6-8-23(9-7-22)19-29-12-14-30(20-25(33)34)16-17-31(15-13-29)21-26(35)36;1-24(2,3)32-22(30)18-28-13-11-27(17-20-7-9-21(26)10-8-20)12-14-29(16-15-28)19-23(31)33-25(4,5)6;1-17(2,3)24-15(22)13-20-9-7-19-8-10-21(12-11-20)14-16(23)25-18(4,5)6;10-9(8(11)12)6-4-2-1-3-5-7-9;1-2-7-3-5-8(6-4-7)9(10)11/h6-9H,1-4,10,12-21H2,(H,33,34)(H,35,36);7-10H,11-19,26H2,1-6H3;19H,7-14H2,1-6H3;1-4,6H2,(H,11,12);3-6H,2H2,1H3. The van der Waals surface area contributed by atoms with Gasteiger partial charge in [0.15, 0.2) is 5.78 Å². The van der Waals surface area contributed by atoms with Crippen molar-refractivity contribution in [3.05, 3.63) is 105 Å². The number of carbonyl (C=O) groups excluding carboxylic acids is 5. The van der Waals surface area contributed by atoms with Gasteiger partial charge in [0.25, 0.3) is 11.4 Å². The van der Waals surface area contributed by atoms with Crippen LogP contribution in [0.4, 0.5) is 20.2 Å². The number of carboxylic acids is 3. The number of alkyl halides is 2. The van der Waals surface area contributed by atoms with Crippen molar-refractivity contribution in [2.45, 2.75) is 214 Å². The molecule has 2 aliphatic carbocycles. The molecule has 117 heavy (non-hydrogen) atoms. The Morgan fingerprint density at radius 3 is 1.06 bits per heavy atom. The maximum atomic E-state index is 15.2. The molecule has 3 saturated heterocycles. The monoisotopic (exact) mass is 1640 g/mol. The van der Waals surface area contributed by atoms with Crippen LogP contribution in [0.3, 0.4) is 0 Å². The summed E-state index contributed by atoms with van der Waals surface area (Å²) in [5.74, 6) is 5.49. The van der Waals surface area contributed by atoms with Crippen molar-refractivity contribution in [2.24, 2.45) is 0 Å². The molecular formula is C87H133F2N11O17. The van der Waals surface area contributed by atoms with Gasteiger partial charge in [-0.2, -0.15) is 0 Å². The van der Waals surface area contributed by atoms with E-state index in [1.165, 1.54) is 17.7 Å². The third-order valence-electron chi connectivity index (χ3n) is 18.9. The Kier molecular flexibility index (Phi) is 43.4. The zero-order chi connectivity index (χ0) is 87.0. The number of hydrogen-bond donors (Lipinski definition) is 5. The minimum Gasteiger partial charge on any atom is -0.480 e. The molecule has 0 bridgehead atoms. The minimum absolute atomic E-state index is 0.00344. The second kappa shape index (κ2) is 50.4. The molecule has 30 heteroatoms. The lowest BCUT2D eigenvalue weighted by Crippen LogP contribution is -2.42. The number of nitrogens with two attached hydrogens (primary N) is 1. The smallest absolute Gasteiger partial charge is 0.354 e. The average Bonchev–Trinajstić information content (AvgIpc) is 1.15. The zero-order valence-electron chi connectivity index (χ0n) is 71.7. The first-order chi connectivity index (χ1) is 54.8. The Hall–Kier alpha value is -8.56. The normalized spacial score (nSPS) is 19.9. The van der Waals surface area contributed by atoms with Crippen molar-refractivity contribution in [2.75, 3.05) is 163 Å². The van der Waals surface area contributed by atoms with Gasteiger partial charge in [-0.25, -0.2) is 13.6 Å². The van der Waals surface area contributed by atoms with Crippen molar-refractivity contribution in [3.63, 3.8) is 0 Å². The van der Waals surface area contributed by atoms with E-state index in [-0.39, 0.29) is 93.0 Å². The van der Waals surface area contributed by atoms with Crippen LogP contribution < -0.4 is 11.1 Å². The molecular weight excluding hydrogens is 1510 g/mol. The number of nitro groups is 1. The molecule has 28 nitrogen and oxygen atoms in total. The first-order valence-corrected chi connectivity index (χ1v) is 41.0. The third kappa shape index (κ3) is 45.3. The summed E-state index contributed by atoms with van der Waals surface area (Å²) in [4.78, 5) is 121. The van der Waals surface area contributed by atoms with E-state index in [1.54, 1.807) is 12.1 Å². The first kappa shape index (κ1) is 101. The lowest BCUT2D eigenvalue weighted by molar-refractivity contribution is -0.384. The van der Waals surface area contributed by atoms with Crippen molar-refractivity contribution >= 4 is 58.9 Å². The second-order valence-electron chi connectivity index (χ2n) is 34.2. The van der Waals surface area contributed by atoms with Crippen molar-refractivity contribution in [1.82, 2.24) is 44.5 Å². The number of nitro benzene ring substituents is 1. The molecule has 8 rings (SSSR count). The molecule has 3 aliphatic heterocycles. The number of benzene rings is 3. The van der Waals surface area contributed by atoms with Gasteiger partial charge in [0.2, 0.25) is 5.67 Å². The highest BCUT2D eigenvalue weighted by Gasteiger charge is 2.38. The summed E-state index contributed by atoms with van der Waals surface area (Å²) >= 11 is 0. The van der Waals surface area contributed by atoms with Crippen LogP contribution in [0.15, 0.2) is 72.8 Å². The van der Waals surface area contributed by atoms with Gasteiger partial charge < -0.3 is 45.3 Å². The molecule has 6 N–H and O–H groups in total. The van der Waals surface area contributed by atoms with E-state index in [0.717, 1.165) is 113 Å². The van der Waals surface area contributed by atoms with Crippen LogP contribution in [-0.4, -0.2) is 298 Å². The Morgan fingerprint density at radius 1 is 0.436 bits per heavy atom. The number of carboxylic acid groups (broad SMARTS) is 3. The molecule has 0 aromatic heterocycles. The van der Waals surface area contributed by atoms with Crippen molar-refractivity contribution in [1.29, 1.82) is 0 Å². The maximum Gasteiger partial charge on any atom is 0.354 e. The SMILES string of the molecule is CC(C)(C)OC(=O)CN1CCN(CC(=O)OC(C)(C)C)CCN(Cc2ccc(N)cc2)CC1.CC(C)(C)OC(=O)CN1CCNCCN(CC(=O)OC(C)(C)C)CC1.CCc1ccc([N+](=O)[O-])cc1.O=C(O)C1(F)C#CCCCCC1.O=C(O)CN1CCN(CC(=O)O)CCN(Cc2ccc(CC(=O)C3(F)C#CCCCCC3)cc2)CC1. The molecule has 3 fully saturated rings. The third-order valence-corrected chi connectivity index (χ3v) is 18.9. The summed E-state index contributed by atoms with van der Waals surface area (Å²) in [6.45, 7) is 39.2. The number of aryl methyl sites for hydroxylation is 1. The van der Waals surface area contributed by atoms with Gasteiger partial charge >= 0.3 is 41.8 Å². The molecule has 0 radical (unpaired) electrons. The lowest BCUT2D eigenvalue weighted by Gasteiger charge is -2.27. The average molecular weight is 1640 g/mol. The van der Waals surface area contributed by atoms with Crippen LogP contribution >= 0.6 is 0 Å². The fourth-order valence-corrected chi connectivity index (χ4v) is 12.8. The number of Topliss-reactive ketones (excluding diaryl/α,β-unsaturated/α-hetero) is 1. The fraction of sp³-hybridized carbons (Fsp3) is 0.655. The van der Waals surface area contributed by atoms with Gasteiger partial charge in [0.05, 0.1) is 44.2 Å². The number of anilines is 1. The Balaban J connectivity index is 0.000000327. The summed E-state index contributed by atoms with van der Waals surface area (Å²) in [6, 6.07) is 22.0. The summed E-state index contributed by atoms with van der Waals surface area (Å²) in [6.07, 6.45) is 7.27. The van der Waals surface area contributed by atoms with Crippen LogP contribution in [0.2, 0.25) is 0 Å². The molecule has 0 saturated carbocycles. The number of hydrogen-bond acceptors (Lipinski definition) is 24. The highest BCUT2D eigenvalue weighted by atomic mass is 19.1. The molecule has 0 amide bonds. The highest BCUT2D eigenvalue weighted by Crippen LogP contribution is 2.27. The molecule has 2 atom stereocenters. The van der Waals surface area contributed by atoms with E-state index in [4.69, 9.17) is 29.8 Å². The van der Waals surface area contributed by atoms with Gasteiger partial charge in [-0.3, -0.25) is 82.9 Å². The number of carbonyl (C=O) groups is 8. The number of aliphatic carboxylic acids is 3. The molecule has 2 unspecified atom stereocenters. The number of esters is 4. The molecule has 0 spiro atoms. The fourth-order valence-electron chi connectivity index (χ4n) is 12.8. The number of nitrogens with zero attached hydrogens (tertiary/aromatic N) is 9. The van der Waals surface area contributed by atoms with E-state index < -0.39 is 57.4 Å². The molecule has 5 aliphatic rings. The molecule has 3 heterocycles. The number of non-ortho nitro benzene ring substituents is 1. The maximum absolute atomic E-state index is 15.2. The molecule has 3 aromatic rings. The quantitative estimate of drug-likeness (QED) is 0.0156. The zero-order valence-corrected chi connectivity index (χ0v) is 71.7. The number of nitrogens with one attached hydrogen (secondary N) is 1. The van der Waals surface area contributed by atoms with Gasteiger partial charge in [-0.05, 0) is 150 Å². The number of ketones is 1. The highest BCUT2D eigenvalue weighted by molar-refractivity contribution is 5.92. The van der Waals surface area contributed by atoms with Gasteiger partial charge in [-0.1, -0.05) is 92.0 Å². The topological polar surface area (TPSA) is 341 Å². The van der Waals surface area contributed by atoms with Crippen LogP contribution in [0, 0.1) is 33.8 Å². The van der Waals surface area contributed by atoms with Crippen LogP contribution in [0.5, 0.6) is 0 Å². The van der Waals surface area contributed by atoms with Crippen LogP contribution in [-0.2, 0) is 83.2 Å².